The van der Waals surface area contributed by atoms with E-state index in [1.807, 2.05) is 48.5 Å². The van der Waals surface area contributed by atoms with Gasteiger partial charge in [0.25, 0.3) is 0 Å². The average molecular weight is 333 g/mol. The van der Waals surface area contributed by atoms with Gasteiger partial charge in [-0.1, -0.05) is 70.0 Å². The zero-order valence-electron chi connectivity index (χ0n) is 10.0. The Labute approximate surface area is 125 Å². The van der Waals surface area contributed by atoms with E-state index in [1.54, 1.807) is 0 Å². The zero-order chi connectivity index (χ0) is 13.2. The second kappa shape index (κ2) is 5.24. The van der Waals surface area contributed by atoms with E-state index in [0.29, 0.717) is 5.02 Å². The van der Waals surface area contributed by atoms with E-state index in [1.165, 1.54) is 0 Å². The van der Waals surface area contributed by atoms with E-state index in [9.17, 15) is 0 Å². The number of hydrogen-bond acceptors (Lipinski definition) is 1. The number of halogens is 2. The van der Waals surface area contributed by atoms with Crippen molar-refractivity contribution in [3.63, 3.8) is 0 Å². The van der Waals surface area contributed by atoms with Gasteiger partial charge in [-0.15, -0.1) is 0 Å². The van der Waals surface area contributed by atoms with E-state index in [0.717, 1.165) is 26.6 Å². The molecule has 3 heteroatoms. The molecule has 3 aromatic carbocycles. The fraction of sp³-hybridized carbons (Fsp3) is 0. The van der Waals surface area contributed by atoms with Gasteiger partial charge in [0, 0.05) is 15.5 Å². The van der Waals surface area contributed by atoms with Crippen molar-refractivity contribution in [1.82, 2.24) is 0 Å². The summed E-state index contributed by atoms with van der Waals surface area (Å²) in [5.41, 5.74) is 1.96. The van der Waals surface area contributed by atoms with Crippen LogP contribution in [-0.2, 0) is 0 Å². The molecule has 1 N–H and O–H groups in total. The molecule has 94 valence electrons. The Balaban J connectivity index is 2.18. The highest BCUT2D eigenvalue weighted by Gasteiger charge is 2.09. The maximum Gasteiger partial charge on any atom is 0.0658 e. The molecule has 0 radical (unpaired) electrons. The predicted molar refractivity (Wildman–Crippen MR) is 86.4 cm³/mol. The predicted octanol–water partition coefficient (Wildman–Crippen LogP) is 6.00. The minimum Gasteiger partial charge on any atom is -0.354 e. The molecule has 3 aromatic rings. The Bertz CT molecular complexity index is 725. The van der Waals surface area contributed by atoms with Crippen molar-refractivity contribution in [2.45, 2.75) is 0 Å². The molecular formula is C16H11BrClN. The second-order valence-corrected chi connectivity index (χ2v) is 5.51. The Morgan fingerprint density at radius 2 is 1.47 bits per heavy atom. The lowest BCUT2D eigenvalue weighted by molar-refractivity contribution is 1.57. The summed E-state index contributed by atoms with van der Waals surface area (Å²) in [5, 5.41) is 6.34. The lowest BCUT2D eigenvalue weighted by Gasteiger charge is -2.13. The fourth-order valence-electron chi connectivity index (χ4n) is 2.09. The molecule has 0 fully saturated rings. The van der Waals surface area contributed by atoms with E-state index >= 15 is 0 Å². The van der Waals surface area contributed by atoms with Crippen molar-refractivity contribution in [3.8, 4) is 0 Å². The summed E-state index contributed by atoms with van der Waals surface area (Å²) < 4.78 is 1.01. The normalized spacial score (nSPS) is 10.6. The number of para-hydroxylation sites is 1. The molecule has 19 heavy (non-hydrogen) atoms. The molecule has 0 aliphatic heterocycles. The Kier molecular flexibility index (Phi) is 3.45. The summed E-state index contributed by atoms with van der Waals surface area (Å²) in [7, 11) is 0. The minimum absolute atomic E-state index is 0.703. The number of hydrogen-bond donors (Lipinski definition) is 1. The molecule has 1 nitrogen and oxygen atoms in total. The lowest BCUT2D eigenvalue weighted by Crippen LogP contribution is -1.93. The maximum atomic E-state index is 6.37. The Hall–Kier alpha value is -1.51. The first kappa shape index (κ1) is 12.5. The fourth-order valence-corrected chi connectivity index (χ4v) is 3.06. The van der Waals surface area contributed by atoms with Gasteiger partial charge in [0.15, 0.2) is 0 Å². The van der Waals surface area contributed by atoms with Gasteiger partial charge in [-0.3, -0.25) is 0 Å². The Morgan fingerprint density at radius 1 is 0.842 bits per heavy atom. The molecule has 0 saturated carbocycles. The van der Waals surface area contributed by atoms with E-state index in [2.05, 4.69) is 33.4 Å². The molecule has 0 bridgehead atoms. The summed E-state index contributed by atoms with van der Waals surface area (Å²) in [4.78, 5) is 0. The van der Waals surface area contributed by atoms with Crippen molar-refractivity contribution in [2.24, 2.45) is 0 Å². The number of anilines is 2. The third-order valence-electron chi connectivity index (χ3n) is 2.99. The van der Waals surface area contributed by atoms with Crippen LogP contribution in [0.3, 0.4) is 0 Å². The number of fused-ring (bicyclic) bond motifs is 1. The molecule has 0 aliphatic rings. The smallest absolute Gasteiger partial charge is 0.0658 e. The summed E-state index contributed by atoms with van der Waals surface area (Å²) in [6.45, 7) is 0. The standard InChI is InChI=1S/C16H11BrClN/c17-14-10-15(18)16(13-9-5-4-8-12(13)14)19-11-6-2-1-3-7-11/h1-10,19H. The van der Waals surface area contributed by atoms with E-state index in [-0.39, 0.29) is 0 Å². The first-order valence-electron chi connectivity index (χ1n) is 5.94. The van der Waals surface area contributed by atoms with Crippen LogP contribution in [0.4, 0.5) is 11.4 Å². The quantitative estimate of drug-likeness (QED) is 0.607. The molecule has 0 saturated heterocycles. The van der Waals surface area contributed by atoms with Crippen LogP contribution in [0, 0.1) is 0 Å². The van der Waals surface area contributed by atoms with Crippen LogP contribution in [0.1, 0.15) is 0 Å². The van der Waals surface area contributed by atoms with Crippen LogP contribution in [0.5, 0.6) is 0 Å². The lowest BCUT2D eigenvalue weighted by atomic mass is 10.1. The van der Waals surface area contributed by atoms with E-state index < -0.39 is 0 Å². The molecule has 0 unspecified atom stereocenters. The van der Waals surface area contributed by atoms with E-state index in [4.69, 9.17) is 11.6 Å². The molecule has 0 aromatic heterocycles. The van der Waals surface area contributed by atoms with Crippen molar-refractivity contribution < 1.29 is 0 Å². The summed E-state index contributed by atoms with van der Waals surface area (Å²) >= 11 is 9.92. The van der Waals surface area contributed by atoms with Crippen LogP contribution >= 0.6 is 27.5 Å². The first-order chi connectivity index (χ1) is 9.25. The Morgan fingerprint density at radius 3 is 2.21 bits per heavy atom. The van der Waals surface area contributed by atoms with Gasteiger partial charge in [-0.25, -0.2) is 0 Å². The van der Waals surface area contributed by atoms with Gasteiger partial charge in [0.05, 0.1) is 10.7 Å². The molecule has 0 aliphatic carbocycles. The van der Waals surface area contributed by atoms with Crippen LogP contribution < -0.4 is 5.32 Å². The maximum absolute atomic E-state index is 6.37. The van der Waals surface area contributed by atoms with Crippen LogP contribution in [0.25, 0.3) is 10.8 Å². The van der Waals surface area contributed by atoms with Gasteiger partial charge in [-0.2, -0.15) is 0 Å². The minimum atomic E-state index is 0.703. The molecule has 0 spiro atoms. The highest BCUT2D eigenvalue weighted by Crippen LogP contribution is 2.37. The van der Waals surface area contributed by atoms with Gasteiger partial charge in [-0.05, 0) is 23.6 Å². The van der Waals surface area contributed by atoms with Gasteiger partial charge in [0.1, 0.15) is 0 Å². The average Bonchev–Trinajstić information content (AvgIpc) is 2.45. The highest BCUT2D eigenvalue weighted by molar-refractivity contribution is 9.10. The molecule has 0 heterocycles. The van der Waals surface area contributed by atoms with Crippen LogP contribution in [0.2, 0.25) is 5.02 Å². The monoisotopic (exact) mass is 331 g/mol. The largest absolute Gasteiger partial charge is 0.354 e. The zero-order valence-corrected chi connectivity index (χ0v) is 12.4. The van der Waals surface area contributed by atoms with Crippen molar-refractivity contribution in [2.75, 3.05) is 5.32 Å². The van der Waals surface area contributed by atoms with Crippen molar-refractivity contribution in [1.29, 1.82) is 0 Å². The second-order valence-electron chi connectivity index (χ2n) is 4.25. The summed E-state index contributed by atoms with van der Waals surface area (Å²) in [6, 6.07) is 20.1. The van der Waals surface area contributed by atoms with Gasteiger partial charge in [0.2, 0.25) is 0 Å². The third-order valence-corrected chi connectivity index (χ3v) is 3.94. The molecule has 0 amide bonds. The SMILES string of the molecule is Clc1cc(Br)c2ccccc2c1Nc1ccccc1. The molecule has 3 rings (SSSR count). The van der Waals surface area contributed by atoms with Crippen molar-refractivity contribution in [3.05, 3.63) is 70.2 Å². The van der Waals surface area contributed by atoms with Crippen molar-refractivity contribution >= 4 is 49.7 Å². The molecule has 0 atom stereocenters. The first-order valence-corrected chi connectivity index (χ1v) is 7.11. The summed E-state index contributed by atoms with van der Waals surface area (Å²) in [5.74, 6) is 0. The summed E-state index contributed by atoms with van der Waals surface area (Å²) in [6.07, 6.45) is 0. The van der Waals surface area contributed by atoms with Crippen LogP contribution in [0.15, 0.2) is 65.1 Å². The number of rotatable bonds is 2. The number of benzene rings is 3. The number of nitrogens with one attached hydrogen (secondary N) is 1. The van der Waals surface area contributed by atoms with Crippen LogP contribution in [-0.4, -0.2) is 0 Å². The molecular weight excluding hydrogens is 322 g/mol. The third kappa shape index (κ3) is 2.46. The van der Waals surface area contributed by atoms with Gasteiger partial charge < -0.3 is 5.32 Å². The topological polar surface area (TPSA) is 12.0 Å². The highest BCUT2D eigenvalue weighted by atomic mass is 79.9. The van der Waals surface area contributed by atoms with Gasteiger partial charge >= 0.3 is 0 Å².